The number of hydrogen-bond donors (Lipinski definition) is 5. The molecule has 2 aliphatic rings. The van der Waals surface area contributed by atoms with Gasteiger partial charge in [-0.05, 0) is 38.2 Å². The highest BCUT2D eigenvalue weighted by Crippen LogP contribution is 2.26. The monoisotopic (exact) mass is 377 g/mol. The van der Waals surface area contributed by atoms with E-state index in [0.29, 0.717) is 30.4 Å². The maximum atomic E-state index is 12.6. The van der Waals surface area contributed by atoms with Crippen molar-refractivity contribution in [3.8, 4) is 0 Å². The summed E-state index contributed by atoms with van der Waals surface area (Å²) >= 11 is 0. The molecule has 0 radical (unpaired) electrons. The number of hydrogen-bond acceptors (Lipinski definition) is 5. The average molecular weight is 377 g/mol. The van der Waals surface area contributed by atoms with Crippen LogP contribution in [-0.2, 0) is 9.59 Å². The van der Waals surface area contributed by atoms with Crippen molar-refractivity contribution in [2.75, 3.05) is 6.54 Å². The molecule has 5 N–H and O–H groups in total. The number of amides is 2. The van der Waals surface area contributed by atoms with Crippen LogP contribution < -0.4 is 21.4 Å². The van der Waals surface area contributed by atoms with Gasteiger partial charge in [-0.25, -0.2) is 5.48 Å². The minimum absolute atomic E-state index is 0.0286. The zero-order valence-corrected chi connectivity index (χ0v) is 16.1. The maximum Gasteiger partial charge on any atom is 0.267 e. The van der Waals surface area contributed by atoms with E-state index in [2.05, 4.69) is 27.9 Å². The largest absolute Gasteiger partial charge is 0.377 e. The van der Waals surface area contributed by atoms with Gasteiger partial charge >= 0.3 is 0 Å². The van der Waals surface area contributed by atoms with Crippen molar-refractivity contribution in [1.29, 1.82) is 0 Å². The highest BCUT2D eigenvalue weighted by molar-refractivity contribution is 5.91. The molecule has 27 heavy (non-hydrogen) atoms. The molecule has 1 heterocycles. The van der Waals surface area contributed by atoms with Gasteiger partial charge in [-0.15, -0.1) is 0 Å². The Labute approximate surface area is 160 Å². The summed E-state index contributed by atoms with van der Waals surface area (Å²) in [6.07, 6.45) is 11.2. The second-order valence-corrected chi connectivity index (χ2v) is 7.10. The van der Waals surface area contributed by atoms with Crippen LogP contribution in [0.25, 0.3) is 0 Å². The molecule has 2 amide bonds. The van der Waals surface area contributed by atoms with Crippen LogP contribution in [0.4, 0.5) is 0 Å². The van der Waals surface area contributed by atoms with Crippen molar-refractivity contribution >= 4 is 17.6 Å². The predicted molar refractivity (Wildman–Crippen MR) is 104 cm³/mol. The Bertz CT molecular complexity index is 608. The second kappa shape index (κ2) is 10.7. The maximum absolute atomic E-state index is 12.6. The highest BCUT2D eigenvalue weighted by atomic mass is 16.5. The standard InChI is InChI=1S/C19H31N5O3/c1-3-16(19(26)22-13(2)14-7-5-4-6-8-14)23-17-12-20-15(11-21-17)9-10-18(25)24-27/h9-11,13-14,16,20,27H,3-8,12H2,1-2H3,(H,21,23)(H,22,26)(H,24,25)/b10-9+. The molecule has 0 aromatic heterocycles. The minimum atomic E-state index is -0.605. The summed E-state index contributed by atoms with van der Waals surface area (Å²) < 4.78 is 0. The Morgan fingerprint density at radius 2 is 2.11 bits per heavy atom. The molecule has 0 bridgehead atoms. The lowest BCUT2D eigenvalue weighted by Crippen LogP contribution is -2.45. The third-order valence-corrected chi connectivity index (χ3v) is 5.11. The second-order valence-electron chi connectivity index (χ2n) is 7.10. The fraction of sp³-hybridized carbons (Fsp3) is 0.632. The molecular weight excluding hydrogens is 346 g/mol. The lowest BCUT2D eigenvalue weighted by atomic mass is 9.84. The van der Waals surface area contributed by atoms with Crippen LogP contribution in [0, 0.1) is 5.92 Å². The van der Waals surface area contributed by atoms with Crippen LogP contribution in [0.5, 0.6) is 0 Å². The highest BCUT2D eigenvalue weighted by Gasteiger charge is 2.24. The van der Waals surface area contributed by atoms with Crippen LogP contribution in [0.2, 0.25) is 0 Å². The van der Waals surface area contributed by atoms with Gasteiger partial charge in [0.05, 0.1) is 12.2 Å². The molecule has 2 rings (SSSR count). The number of nitrogens with one attached hydrogen (secondary N) is 4. The fourth-order valence-electron chi connectivity index (χ4n) is 3.44. The first kappa shape index (κ1) is 21.0. The summed E-state index contributed by atoms with van der Waals surface area (Å²) in [5, 5.41) is 17.8. The Balaban J connectivity index is 1.89. The topological polar surface area (TPSA) is 115 Å². The molecule has 0 saturated heterocycles. The summed E-state index contributed by atoms with van der Waals surface area (Å²) in [5.74, 6) is 0.605. The smallest absolute Gasteiger partial charge is 0.267 e. The Hall–Kier alpha value is -2.35. The normalized spacial score (nSPS) is 21.7. The Morgan fingerprint density at radius 3 is 2.70 bits per heavy atom. The zero-order chi connectivity index (χ0) is 19.6. The molecule has 2 unspecified atom stereocenters. The molecule has 8 nitrogen and oxygen atoms in total. The van der Waals surface area contributed by atoms with Gasteiger partial charge in [0.25, 0.3) is 5.91 Å². The summed E-state index contributed by atoms with van der Waals surface area (Å²) in [7, 11) is 0. The van der Waals surface area contributed by atoms with Crippen LogP contribution in [0.3, 0.4) is 0 Å². The van der Waals surface area contributed by atoms with Crippen molar-refractivity contribution in [2.45, 2.75) is 64.5 Å². The van der Waals surface area contributed by atoms with E-state index in [1.54, 1.807) is 6.20 Å². The van der Waals surface area contributed by atoms with Crippen molar-refractivity contribution in [2.24, 2.45) is 10.9 Å². The number of carbonyl (C=O) groups is 2. The Kier molecular flexibility index (Phi) is 8.32. The third-order valence-electron chi connectivity index (χ3n) is 5.11. The van der Waals surface area contributed by atoms with Crippen molar-refractivity contribution < 1.29 is 14.8 Å². The molecule has 2 atom stereocenters. The van der Waals surface area contributed by atoms with Crippen LogP contribution in [0.15, 0.2) is 29.0 Å². The molecule has 1 aliphatic heterocycles. The number of allylic oxidation sites excluding steroid dienone is 1. The van der Waals surface area contributed by atoms with E-state index < -0.39 is 11.9 Å². The van der Waals surface area contributed by atoms with E-state index in [1.165, 1.54) is 49.7 Å². The van der Waals surface area contributed by atoms with E-state index in [1.807, 2.05) is 6.92 Å². The molecule has 0 spiro atoms. The molecule has 150 valence electrons. The van der Waals surface area contributed by atoms with Crippen LogP contribution >= 0.6 is 0 Å². The van der Waals surface area contributed by atoms with Crippen molar-refractivity contribution in [3.05, 3.63) is 24.0 Å². The van der Waals surface area contributed by atoms with E-state index in [-0.39, 0.29) is 11.9 Å². The summed E-state index contributed by atoms with van der Waals surface area (Å²) in [5.41, 5.74) is 2.21. The predicted octanol–water partition coefficient (Wildman–Crippen LogP) is 1.34. The molecule has 1 fully saturated rings. The summed E-state index contributed by atoms with van der Waals surface area (Å²) in [6, 6.07) is -0.246. The van der Waals surface area contributed by atoms with E-state index >= 15 is 0 Å². The van der Waals surface area contributed by atoms with Crippen LogP contribution in [-0.4, -0.2) is 41.5 Å². The molecule has 0 aromatic carbocycles. The minimum Gasteiger partial charge on any atom is -0.377 e. The van der Waals surface area contributed by atoms with Gasteiger partial charge in [0, 0.05) is 18.3 Å². The number of nitrogens with zero attached hydrogens (tertiary/aromatic N) is 1. The van der Waals surface area contributed by atoms with Gasteiger partial charge in [0.15, 0.2) is 0 Å². The van der Waals surface area contributed by atoms with Crippen molar-refractivity contribution in [1.82, 2.24) is 21.4 Å². The van der Waals surface area contributed by atoms with Gasteiger partial charge in [-0.1, -0.05) is 26.2 Å². The van der Waals surface area contributed by atoms with E-state index in [9.17, 15) is 9.59 Å². The first-order valence-corrected chi connectivity index (χ1v) is 9.73. The molecule has 8 heteroatoms. The summed E-state index contributed by atoms with van der Waals surface area (Å²) in [6.45, 7) is 4.48. The van der Waals surface area contributed by atoms with Gasteiger partial charge in [-0.3, -0.25) is 19.8 Å². The number of carbonyl (C=O) groups excluding carboxylic acids is 2. The molecular formula is C19H31N5O3. The van der Waals surface area contributed by atoms with Crippen LogP contribution in [0.1, 0.15) is 52.4 Å². The van der Waals surface area contributed by atoms with Gasteiger partial charge in [0.1, 0.15) is 11.9 Å². The molecule has 1 aliphatic carbocycles. The number of rotatable bonds is 7. The van der Waals surface area contributed by atoms with E-state index in [4.69, 9.17) is 5.21 Å². The number of hydroxylamine groups is 1. The quantitative estimate of drug-likeness (QED) is 0.261. The lowest BCUT2D eigenvalue weighted by Gasteiger charge is -2.29. The lowest BCUT2D eigenvalue weighted by molar-refractivity contribution is -0.124. The van der Waals surface area contributed by atoms with Gasteiger partial charge in [0.2, 0.25) is 5.91 Å². The van der Waals surface area contributed by atoms with E-state index in [0.717, 1.165) is 0 Å². The number of aliphatic imine (C=N–C) groups is 1. The molecule has 1 saturated carbocycles. The average Bonchev–Trinajstić information content (AvgIpc) is 2.71. The van der Waals surface area contributed by atoms with Crippen molar-refractivity contribution in [3.63, 3.8) is 0 Å². The Morgan fingerprint density at radius 1 is 1.37 bits per heavy atom. The number of amidine groups is 1. The zero-order valence-electron chi connectivity index (χ0n) is 16.1. The van der Waals surface area contributed by atoms with Gasteiger partial charge in [-0.2, -0.15) is 0 Å². The first-order valence-electron chi connectivity index (χ1n) is 9.73. The van der Waals surface area contributed by atoms with Gasteiger partial charge < -0.3 is 16.0 Å². The summed E-state index contributed by atoms with van der Waals surface area (Å²) in [4.78, 5) is 28.1. The molecule has 0 aromatic rings. The third kappa shape index (κ3) is 6.71. The SMILES string of the molecule is CCC(N=C1CNC(/C=C/C(=O)NO)=CN1)C(=O)NC(C)C1CCCCC1. The first-order chi connectivity index (χ1) is 13.0. The fourth-order valence-corrected chi connectivity index (χ4v) is 3.44.